The van der Waals surface area contributed by atoms with E-state index in [9.17, 15) is 9.59 Å². The predicted molar refractivity (Wildman–Crippen MR) is 126 cm³/mol. The Bertz CT molecular complexity index is 1180. The van der Waals surface area contributed by atoms with Crippen LogP contribution in [0.15, 0.2) is 49.5 Å². The number of carbonyl (C=O) groups is 1. The smallest absolute Gasteiger partial charge is 0.258 e. The lowest BCUT2D eigenvalue weighted by atomic mass is 10.1. The topological polar surface area (TPSA) is 99.7 Å². The average Bonchev–Trinajstić information content (AvgIpc) is 2.78. The van der Waals surface area contributed by atoms with Crippen molar-refractivity contribution >= 4 is 47.4 Å². The highest BCUT2D eigenvalue weighted by Crippen LogP contribution is 2.24. The number of nitrogens with one attached hydrogen (secondary N) is 2. The standard InChI is InChI=1S/C21H22IN5O3/c1-3-14-7-17-18(26-20(14)28)6-13(9-24-17)11-27-5-4-15(12-30-27)19-8-22-16(10-25-19)21(29)23-2/h4,6-10H,3,5,11-12H2,1-2H3,(H,23,29)(H,26,28). The second-order valence-electron chi connectivity index (χ2n) is 6.87. The zero-order valence-electron chi connectivity index (χ0n) is 16.7. The molecule has 2 aromatic heterocycles. The lowest BCUT2D eigenvalue weighted by Crippen LogP contribution is -2.30. The summed E-state index contributed by atoms with van der Waals surface area (Å²) in [5, 5.41) is 4.49. The molecule has 156 valence electrons. The highest BCUT2D eigenvalue weighted by molar-refractivity contribution is 14.2. The number of hydrogen-bond donors (Lipinski definition) is 2. The van der Waals surface area contributed by atoms with Crippen LogP contribution in [0.2, 0.25) is 0 Å². The molecule has 0 radical (unpaired) electrons. The first kappa shape index (κ1) is 20.8. The zero-order valence-corrected chi connectivity index (χ0v) is 18.9. The first-order valence-corrected chi connectivity index (χ1v) is 11.9. The molecule has 0 aliphatic carbocycles. The molecule has 2 aliphatic rings. The molecule has 2 aromatic rings. The van der Waals surface area contributed by atoms with Crippen LogP contribution in [0.5, 0.6) is 0 Å². The van der Waals surface area contributed by atoms with E-state index in [0.29, 0.717) is 26.1 Å². The number of aromatic amines is 1. The molecule has 0 atom stereocenters. The normalized spacial score (nSPS) is 17.1. The number of fused-ring (bicyclic) bond motifs is 1. The van der Waals surface area contributed by atoms with Crippen molar-refractivity contribution in [3.63, 3.8) is 0 Å². The van der Waals surface area contributed by atoms with Gasteiger partial charge in [-0.3, -0.25) is 24.4 Å². The molecule has 2 aliphatic heterocycles. The summed E-state index contributed by atoms with van der Waals surface area (Å²) in [5.41, 5.74) is 5.09. The number of amides is 1. The summed E-state index contributed by atoms with van der Waals surface area (Å²) in [6, 6.07) is 3.79. The summed E-state index contributed by atoms with van der Waals surface area (Å²) >= 11 is -0.495. The Morgan fingerprint density at radius 1 is 1.40 bits per heavy atom. The minimum absolute atomic E-state index is 0.0573. The third-order valence-electron chi connectivity index (χ3n) is 4.88. The monoisotopic (exact) mass is 519 g/mol. The number of halogens is 1. The van der Waals surface area contributed by atoms with Gasteiger partial charge in [-0.05, 0) is 28.2 Å². The number of H-pyrrole nitrogens is 1. The first-order valence-electron chi connectivity index (χ1n) is 9.62. The number of aromatic nitrogens is 2. The number of rotatable bonds is 5. The number of pyridine rings is 2. The van der Waals surface area contributed by atoms with Gasteiger partial charge in [0.05, 0.1) is 33.4 Å². The molecule has 4 rings (SSSR count). The summed E-state index contributed by atoms with van der Waals surface area (Å²) in [6.45, 7) is 3.57. The van der Waals surface area contributed by atoms with E-state index in [1.807, 2.05) is 30.3 Å². The number of hydrogen-bond acceptors (Lipinski definition) is 6. The molecule has 0 saturated carbocycles. The molecule has 0 unspecified atom stereocenters. The van der Waals surface area contributed by atoms with Crippen LogP contribution in [-0.4, -0.2) is 50.9 Å². The second kappa shape index (κ2) is 9.11. The quantitative estimate of drug-likeness (QED) is 0.589. The highest BCUT2D eigenvalue weighted by Gasteiger charge is 2.18. The van der Waals surface area contributed by atoms with E-state index in [1.165, 1.54) is 0 Å². The molecule has 0 bridgehead atoms. The van der Waals surface area contributed by atoms with Crippen molar-refractivity contribution in [1.82, 2.24) is 20.3 Å². The van der Waals surface area contributed by atoms with Crippen LogP contribution in [0.25, 0.3) is 11.0 Å². The van der Waals surface area contributed by atoms with Gasteiger partial charge in [-0.1, -0.05) is 33.7 Å². The lowest BCUT2D eigenvalue weighted by molar-refractivity contribution is -0.156. The van der Waals surface area contributed by atoms with Gasteiger partial charge in [-0.15, -0.1) is 0 Å². The molecule has 4 heterocycles. The fourth-order valence-corrected chi connectivity index (χ4v) is 5.21. The molecule has 8 nitrogen and oxygen atoms in total. The minimum atomic E-state index is -0.495. The first-order chi connectivity index (χ1) is 14.6. The molecule has 0 spiro atoms. The third kappa shape index (κ3) is 4.47. The van der Waals surface area contributed by atoms with Crippen molar-refractivity contribution in [1.29, 1.82) is 0 Å². The summed E-state index contributed by atoms with van der Waals surface area (Å²) < 4.78 is 2.81. The van der Waals surface area contributed by atoms with E-state index in [0.717, 1.165) is 36.9 Å². The largest absolute Gasteiger partial charge is 0.355 e. The maximum absolute atomic E-state index is 12.1. The van der Waals surface area contributed by atoms with Gasteiger partial charge < -0.3 is 10.3 Å². The summed E-state index contributed by atoms with van der Waals surface area (Å²) in [7, 11) is 1.63. The van der Waals surface area contributed by atoms with Crippen molar-refractivity contribution in [3.05, 3.63) is 61.2 Å². The van der Waals surface area contributed by atoms with Crippen LogP contribution >= 0.6 is 20.7 Å². The van der Waals surface area contributed by atoms with Crippen LogP contribution in [-0.2, 0) is 22.6 Å². The van der Waals surface area contributed by atoms with Gasteiger partial charge in [0, 0.05) is 37.1 Å². The molecule has 9 heteroatoms. The van der Waals surface area contributed by atoms with E-state index < -0.39 is 20.7 Å². The van der Waals surface area contributed by atoms with E-state index in [1.54, 1.807) is 13.3 Å². The summed E-state index contributed by atoms with van der Waals surface area (Å²) in [6.07, 6.45) is 6.26. The fraction of sp³-hybridized carbons (Fsp3) is 0.286. The van der Waals surface area contributed by atoms with Gasteiger partial charge in [0.15, 0.2) is 0 Å². The van der Waals surface area contributed by atoms with Crippen molar-refractivity contribution in [2.24, 2.45) is 4.99 Å². The van der Waals surface area contributed by atoms with Crippen molar-refractivity contribution in [2.45, 2.75) is 19.9 Å². The van der Waals surface area contributed by atoms with Gasteiger partial charge in [-0.2, -0.15) is 5.06 Å². The molecule has 2 N–H and O–H groups in total. The Hall–Kier alpha value is -2.50. The number of aliphatic imine (C=N–C) groups is 1. The van der Waals surface area contributed by atoms with E-state index >= 15 is 0 Å². The molecule has 0 fully saturated rings. The van der Waals surface area contributed by atoms with Gasteiger partial charge in [-0.25, -0.2) is 0 Å². The highest BCUT2D eigenvalue weighted by atomic mass is 127. The Balaban J connectivity index is 1.43. The predicted octanol–water partition coefficient (Wildman–Crippen LogP) is 1.97. The minimum Gasteiger partial charge on any atom is -0.355 e. The zero-order chi connectivity index (χ0) is 21.1. The van der Waals surface area contributed by atoms with E-state index in [-0.39, 0.29) is 11.5 Å². The van der Waals surface area contributed by atoms with Crippen LogP contribution in [0.3, 0.4) is 0 Å². The molecular weight excluding hydrogens is 497 g/mol. The molecule has 0 saturated heterocycles. The maximum Gasteiger partial charge on any atom is 0.258 e. The Morgan fingerprint density at radius 2 is 2.27 bits per heavy atom. The maximum atomic E-state index is 12.1. The lowest BCUT2D eigenvalue weighted by Gasteiger charge is -2.26. The van der Waals surface area contributed by atoms with Crippen molar-refractivity contribution < 1.29 is 9.63 Å². The van der Waals surface area contributed by atoms with Gasteiger partial charge >= 0.3 is 0 Å². The Morgan fingerprint density at radius 3 is 2.93 bits per heavy atom. The Labute approximate surface area is 183 Å². The SMILES string of the molecule is CCc1cc2ncc(CN3CC=C(C4=CI=C(C(=O)NC)C=N4)CO3)cc2[nH]c1=O. The second-order valence-corrected chi connectivity index (χ2v) is 9.28. The fourth-order valence-electron chi connectivity index (χ4n) is 3.17. The number of hydroxylamine groups is 2. The summed E-state index contributed by atoms with van der Waals surface area (Å²) in [4.78, 5) is 41.5. The van der Waals surface area contributed by atoms with Gasteiger partial charge in [0.1, 0.15) is 0 Å². The van der Waals surface area contributed by atoms with Gasteiger partial charge in [0.25, 0.3) is 11.5 Å². The average molecular weight is 519 g/mol. The molecule has 0 aromatic carbocycles. The Kier molecular flexibility index (Phi) is 6.30. The van der Waals surface area contributed by atoms with Crippen LogP contribution < -0.4 is 10.9 Å². The van der Waals surface area contributed by atoms with Crippen LogP contribution in [0.4, 0.5) is 0 Å². The van der Waals surface area contributed by atoms with Crippen LogP contribution in [0.1, 0.15) is 18.1 Å². The van der Waals surface area contributed by atoms with E-state index in [4.69, 9.17) is 4.84 Å². The molecule has 30 heavy (non-hydrogen) atoms. The van der Waals surface area contributed by atoms with E-state index in [2.05, 4.69) is 30.4 Å². The third-order valence-corrected chi connectivity index (χ3v) is 7.22. The number of carbonyl (C=O) groups excluding carboxylic acids is 1. The van der Waals surface area contributed by atoms with Crippen LogP contribution in [0, 0.1) is 0 Å². The van der Waals surface area contributed by atoms with Crippen molar-refractivity contribution in [3.8, 4) is 0 Å². The van der Waals surface area contributed by atoms with Gasteiger partial charge in [0.2, 0.25) is 0 Å². The molecule has 1 amide bonds. The van der Waals surface area contributed by atoms with Crippen molar-refractivity contribution in [2.75, 3.05) is 20.2 Å². The summed E-state index contributed by atoms with van der Waals surface area (Å²) in [5.74, 6) is -0.0573. The number of aryl methyl sites for hydroxylation is 1. The molecular formula is C21H22IN5O3. The number of nitrogens with zero attached hydrogens (tertiary/aromatic N) is 3.